The molecule has 1 unspecified atom stereocenters. The quantitative estimate of drug-likeness (QED) is 0.789. The molecule has 0 saturated heterocycles. The topological polar surface area (TPSA) is 12.0 Å². The van der Waals surface area contributed by atoms with Crippen LogP contribution in [0.2, 0.25) is 0 Å². The Morgan fingerprint density at radius 1 is 0.857 bits per heavy atom. The van der Waals surface area contributed by atoms with Crippen molar-refractivity contribution in [2.75, 3.05) is 6.54 Å². The molecule has 1 heteroatoms. The number of benzene rings is 2. The van der Waals surface area contributed by atoms with Crippen molar-refractivity contribution in [1.82, 2.24) is 5.32 Å². The van der Waals surface area contributed by atoms with Crippen LogP contribution in [-0.2, 0) is 6.42 Å². The highest BCUT2D eigenvalue weighted by Gasteiger charge is 2.13. The zero-order chi connectivity index (χ0) is 15.2. The Morgan fingerprint density at radius 2 is 1.48 bits per heavy atom. The Balaban J connectivity index is 2.36. The van der Waals surface area contributed by atoms with Gasteiger partial charge in [0.25, 0.3) is 0 Å². The summed E-state index contributed by atoms with van der Waals surface area (Å²) in [4.78, 5) is 0. The second kappa shape index (κ2) is 7.42. The van der Waals surface area contributed by atoms with Gasteiger partial charge >= 0.3 is 0 Å². The van der Waals surface area contributed by atoms with Gasteiger partial charge in [-0.2, -0.15) is 0 Å². The second-order valence-electron chi connectivity index (χ2n) is 5.90. The van der Waals surface area contributed by atoms with Crippen molar-refractivity contribution < 1.29 is 0 Å². The molecule has 2 aromatic carbocycles. The first kappa shape index (κ1) is 15.8. The van der Waals surface area contributed by atoms with Crippen molar-refractivity contribution in [3.05, 3.63) is 70.3 Å². The van der Waals surface area contributed by atoms with Crippen molar-refractivity contribution in [2.24, 2.45) is 0 Å². The van der Waals surface area contributed by atoms with Crippen molar-refractivity contribution in [3.8, 4) is 0 Å². The number of nitrogens with one attached hydrogen (secondary N) is 1. The fraction of sp³-hybridized carbons (Fsp3) is 0.400. The van der Waals surface area contributed by atoms with Crippen molar-refractivity contribution >= 4 is 0 Å². The van der Waals surface area contributed by atoms with Crippen molar-refractivity contribution in [2.45, 2.75) is 46.6 Å². The highest BCUT2D eigenvalue weighted by atomic mass is 14.9. The average molecular weight is 281 g/mol. The smallest absolute Gasteiger partial charge is 0.0576 e. The minimum absolute atomic E-state index is 0.287. The summed E-state index contributed by atoms with van der Waals surface area (Å²) in [6.07, 6.45) is 2.24. The number of aryl methyl sites for hydroxylation is 3. The molecule has 0 radical (unpaired) electrons. The van der Waals surface area contributed by atoms with Gasteiger partial charge in [0.2, 0.25) is 0 Å². The zero-order valence-corrected chi connectivity index (χ0v) is 13.7. The van der Waals surface area contributed by atoms with E-state index in [1.165, 1.54) is 27.8 Å². The van der Waals surface area contributed by atoms with Gasteiger partial charge in [-0.15, -0.1) is 0 Å². The van der Waals surface area contributed by atoms with Gasteiger partial charge in [0.1, 0.15) is 0 Å². The normalized spacial score (nSPS) is 12.4. The summed E-state index contributed by atoms with van der Waals surface area (Å²) < 4.78 is 0. The molecule has 0 amide bonds. The molecule has 112 valence electrons. The Labute approximate surface area is 129 Å². The van der Waals surface area contributed by atoms with Gasteiger partial charge < -0.3 is 5.32 Å². The van der Waals surface area contributed by atoms with E-state index in [0.717, 1.165) is 19.4 Å². The zero-order valence-electron chi connectivity index (χ0n) is 13.7. The number of rotatable bonds is 6. The Hall–Kier alpha value is -1.60. The summed E-state index contributed by atoms with van der Waals surface area (Å²) in [6, 6.07) is 16.2. The first-order valence-electron chi connectivity index (χ1n) is 8.04. The van der Waals surface area contributed by atoms with Crippen LogP contribution in [0.15, 0.2) is 42.5 Å². The molecule has 0 spiro atoms. The van der Waals surface area contributed by atoms with Gasteiger partial charge in [-0.3, -0.25) is 0 Å². The molecule has 0 fully saturated rings. The molecule has 1 atom stereocenters. The molecule has 0 saturated carbocycles. The van der Waals surface area contributed by atoms with Gasteiger partial charge in [-0.1, -0.05) is 67.4 Å². The van der Waals surface area contributed by atoms with Crippen LogP contribution in [0.25, 0.3) is 0 Å². The van der Waals surface area contributed by atoms with Crippen LogP contribution in [0.1, 0.15) is 54.1 Å². The highest BCUT2D eigenvalue weighted by molar-refractivity contribution is 5.37. The summed E-state index contributed by atoms with van der Waals surface area (Å²) in [7, 11) is 0. The largest absolute Gasteiger partial charge is 0.306 e. The van der Waals surface area contributed by atoms with E-state index >= 15 is 0 Å². The molecule has 0 aliphatic heterocycles. The van der Waals surface area contributed by atoms with E-state index in [1.807, 2.05) is 0 Å². The molecular formula is C20H27N. The standard InChI is InChI=1S/C20H27N/c1-5-11-21-20(18-9-7-17(6-2)8-10-18)19-13-15(3)12-16(4)14-19/h7-10,12-14,20-21H,5-6,11H2,1-4H3. The van der Waals surface area contributed by atoms with Gasteiger partial charge in [-0.25, -0.2) is 0 Å². The molecule has 21 heavy (non-hydrogen) atoms. The van der Waals surface area contributed by atoms with E-state index < -0.39 is 0 Å². The molecule has 1 N–H and O–H groups in total. The molecule has 2 rings (SSSR count). The summed E-state index contributed by atoms with van der Waals surface area (Å²) in [5.41, 5.74) is 6.78. The van der Waals surface area contributed by atoms with E-state index in [0.29, 0.717) is 0 Å². The van der Waals surface area contributed by atoms with E-state index in [-0.39, 0.29) is 6.04 Å². The summed E-state index contributed by atoms with van der Waals surface area (Å²) >= 11 is 0. The van der Waals surface area contributed by atoms with E-state index in [9.17, 15) is 0 Å². The first-order chi connectivity index (χ1) is 10.1. The van der Waals surface area contributed by atoms with Crippen LogP contribution in [0.5, 0.6) is 0 Å². The van der Waals surface area contributed by atoms with Crippen molar-refractivity contribution in [1.29, 1.82) is 0 Å². The molecule has 2 aromatic rings. The van der Waals surface area contributed by atoms with Crippen LogP contribution in [0, 0.1) is 13.8 Å². The predicted molar refractivity (Wildman–Crippen MR) is 91.9 cm³/mol. The highest BCUT2D eigenvalue weighted by Crippen LogP contribution is 2.24. The second-order valence-corrected chi connectivity index (χ2v) is 5.90. The molecule has 0 bridgehead atoms. The third-order valence-corrected chi connectivity index (χ3v) is 3.90. The molecular weight excluding hydrogens is 254 g/mol. The Kier molecular flexibility index (Phi) is 5.58. The Morgan fingerprint density at radius 3 is 2.00 bits per heavy atom. The lowest BCUT2D eigenvalue weighted by atomic mass is 9.94. The number of hydrogen-bond acceptors (Lipinski definition) is 1. The number of hydrogen-bond donors (Lipinski definition) is 1. The predicted octanol–water partition coefficient (Wildman–Crippen LogP) is 4.95. The van der Waals surface area contributed by atoms with Crippen LogP contribution < -0.4 is 5.32 Å². The van der Waals surface area contributed by atoms with Crippen LogP contribution >= 0.6 is 0 Å². The van der Waals surface area contributed by atoms with Gasteiger partial charge in [0.05, 0.1) is 6.04 Å². The molecule has 0 aromatic heterocycles. The third-order valence-electron chi connectivity index (χ3n) is 3.90. The minimum atomic E-state index is 0.287. The SMILES string of the molecule is CCCNC(c1ccc(CC)cc1)c1cc(C)cc(C)c1. The van der Waals surface area contributed by atoms with Crippen molar-refractivity contribution in [3.63, 3.8) is 0 Å². The summed E-state index contributed by atoms with van der Waals surface area (Å²) in [5, 5.41) is 3.69. The van der Waals surface area contributed by atoms with E-state index in [4.69, 9.17) is 0 Å². The third kappa shape index (κ3) is 4.18. The van der Waals surface area contributed by atoms with Gasteiger partial charge in [0.15, 0.2) is 0 Å². The van der Waals surface area contributed by atoms with Crippen LogP contribution in [0.3, 0.4) is 0 Å². The lowest BCUT2D eigenvalue weighted by Crippen LogP contribution is -2.23. The van der Waals surface area contributed by atoms with Crippen LogP contribution in [0.4, 0.5) is 0 Å². The van der Waals surface area contributed by atoms with E-state index in [1.54, 1.807) is 0 Å². The summed E-state index contributed by atoms with van der Waals surface area (Å²) in [5.74, 6) is 0. The van der Waals surface area contributed by atoms with Gasteiger partial charge in [-0.05, 0) is 49.9 Å². The molecule has 0 aliphatic carbocycles. The fourth-order valence-electron chi connectivity index (χ4n) is 2.84. The average Bonchev–Trinajstić information content (AvgIpc) is 2.47. The van der Waals surface area contributed by atoms with Gasteiger partial charge in [0, 0.05) is 0 Å². The molecule has 1 nitrogen and oxygen atoms in total. The maximum absolute atomic E-state index is 3.69. The maximum atomic E-state index is 3.69. The minimum Gasteiger partial charge on any atom is -0.306 e. The van der Waals surface area contributed by atoms with E-state index in [2.05, 4.69) is 75.5 Å². The maximum Gasteiger partial charge on any atom is 0.0576 e. The lowest BCUT2D eigenvalue weighted by Gasteiger charge is -2.21. The monoisotopic (exact) mass is 281 g/mol. The Bertz CT molecular complexity index is 549. The summed E-state index contributed by atoms with van der Waals surface area (Å²) in [6.45, 7) is 9.80. The molecule has 0 aliphatic rings. The fourth-order valence-corrected chi connectivity index (χ4v) is 2.84. The lowest BCUT2D eigenvalue weighted by molar-refractivity contribution is 0.598. The molecule has 0 heterocycles. The van der Waals surface area contributed by atoms with Crippen LogP contribution in [-0.4, -0.2) is 6.54 Å². The first-order valence-corrected chi connectivity index (χ1v) is 8.04.